The van der Waals surface area contributed by atoms with Crippen molar-refractivity contribution in [2.45, 2.75) is 48.5 Å². The van der Waals surface area contributed by atoms with Gasteiger partial charge in [-0.1, -0.05) is 11.8 Å². The number of amides is 1. The maximum Gasteiger partial charge on any atom is 0.223 e. The number of carbonyl (C=O) groups is 1. The molecule has 3 N–H and O–H groups in total. The van der Waals surface area contributed by atoms with E-state index in [4.69, 9.17) is 5.73 Å². The van der Waals surface area contributed by atoms with E-state index in [0.717, 1.165) is 38.9 Å². The van der Waals surface area contributed by atoms with Gasteiger partial charge in [-0.25, -0.2) is 19.3 Å². The summed E-state index contributed by atoms with van der Waals surface area (Å²) in [6.45, 7) is 0.993. The van der Waals surface area contributed by atoms with Crippen LogP contribution in [-0.2, 0) is 17.8 Å². The summed E-state index contributed by atoms with van der Waals surface area (Å²) in [4.78, 5) is 26.0. The van der Waals surface area contributed by atoms with Crippen LogP contribution in [0.15, 0.2) is 28.5 Å². The molecule has 3 aromatic rings. The van der Waals surface area contributed by atoms with Gasteiger partial charge in [0, 0.05) is 27.5 Å². The van der Waals surface area contributed by atoms with Crippen molar-refractivity contribution in [3.05, 3.63) is 33.2 Å². The number of alkyl halides is 1. The number of fused-ring (bicyclic) bond motifs is 2. The van der Waals surface area contributed by atoms with Crippen molar-refractivity contribution < 1.29 is 9.18 Å². The second-order valence-corrected chi connectivity index (χ2v) is 9.80. The molecule has 1 amide bonds. The van der Waals surface area contributed by atoms with Crippen LogP contribution in [0.1, 0.15) is 36.6 Å². The average Bonchev–Trinajstić information content (AvgIpc) is 3.44. The second kappa shape index (κ2) is 7.95. The largest absolute Gasteiger partial charge is 0.382 e. The van der Waals surface area contributed by atoms with Crippen molar-refractivity contribution in [3.63, 3.8) is 0 Å². The second-order valence-electron chi connectivity index (χ2n) is 7.63. The van der Waals surface area contributed by atoms with E-state index in [0.29, 0.717) is 41.6 Å². The Morgan fingerprint density at radius 1 is 1.33 bits per heavy atom. The molecule has 2 heterocycles. The average molecular weight is 538 g/mol. The van der Waals surface area contributed by atoms with Crippen LogP contribution in [0.25, 0.3) is 11.2 Å². The fourth-order valence-electron chi connectivity index (χ4n) is 3.73. The molecular formula is C20H20FIN6OS. The van der Waals surface area contributed by atoms with E-state index in [9.17, 15) is 9.18 Å². The predicted octanol–water partition coefficient (Wildman–Crippen LogP) is 3.65. The monoisotopic (exact) mass is 538 g/mol. The third-order valence-electron chi connectivity index (χ3n) is 5.51. The molecule has 156 valence electrons. The van der Waals surface area contributed by atoms with Gasteiger partial charge in [-0.15, -0.1) is 0 Å². The van der Waals surface area contributed by atoms with Gasteiger partial charge in [0.15, 0.2) is 22.1 Å². The number of nitrogens with zero attached hydrogens (tertiary/aromatic N) is 4. The van der Waals surface area contributed by atoms with Crippen LogP contribution >= 0.6 is 34.4 Å². The first kappa shape index (κ1) is 20.0. The van der Waals surface area contributed by atoms with E-state index in [1.807, 2.05) is 10.6 Å². The van der Waals surface area contributed by atoms with Crippen LogP contribution < -0.4 is 11.1 Å². The molecule has 5 rings (SSSR count). The van der Waals surface area contributed by atoms with Gasteiger partial charge in [0.25, 0.3) is 0 Å². The standard InChI is InChI=1S/C20H20FIN6OS/c21-13-4-3-11-7-14(22)15(8-12(11)13)30-20-27-16-17(23)25-9-26-18(16)28(20)6-5-24-19(29)10-1-2-10/h7-10,13H,1-6H2,(H,24,29)(H2,23,25,26). The first-order valence-corrected chi connectivity index (χ1v) is 11.8. The fraction of sp³-hybridized carbons (Fsp3) is 0.400. The van der Waals surface area contributed by atoms with Crippen LogP contribution in [-0.4, -0.2) is 32.0 Å². The number of benzene rings is 1. The summed E-state index contributed by atoms with van der Waals surface area (Å²) >= 11 is 3.75. The third kappa shape index (κ3) is 3.75. The van der Waals surface area contributed by atoms with Gasteiger partial charge in [0.05, 0.1) is 0 Å². The van der Waals surface area contributed by atoms with Crippen LogP contribution in [0.4, 0.5) is 10.2 Å². The van der Waals surface area contributed by atoms with Gasteiger partial charge >= 0.3 is 0 Å². The van der Waals surface area contributed by atoms with Crippen molar-refractivity contribution in [2.75, 3.05) is 12.3 Å². The number of anilines is 1. The number of nitrogen functional groups attached to an aromatic ring is 1. The molecule has 0 saturated heterocycles. The Balaban J connectivity index is 1.46. The summed E-state index contributed by atoms with van der Waals surface area (Å²) in [6, 6.07) is 4.00. The fourth-order valence-corrected chi connectivity index (χ4v) is 5.55. The number of aryl methyl sites for hydroxylation is 1. The zero-order valence-electron chi connectivity index (χ0n) is 16.1. The van der Waals surface area contributed by atoms with Gasteiger partial charge in [-0.3, -0.25) is 4.79 Å². The molecule has 0 spiro atoms. The zero-order valence-corrected chi connectivity index (χ0v) is 19.0. The van der Waals surface area contributed by atoms with E-state index >= 15 is 0 Å². The van der Waals surface area contributed by atoms with Gasteiger partial charge < -0.3 is 15.6 Å². The topological polar surface area (TPSA) is 98.7 Å². The predicted molar refractivity (Wildman–Crippen MR) is 121 cm³/mol. The van der Waals surface area contributed by atoms with Crippen molar-refractivity contribution in [2.24, 2.45) is 5.92 Å². The molecule has 1 aromatic carbocycles. The van der Waals surface area contributed by atoms with Crippen molar-refractivity contribution in [1.82, 2.24) is 24.8 Å². The number of nitrogens with one attached hydrogen (secondary N) is 1. The highest BCUT2D eigenvalue weighted by Gasteiger charge is 2.29. The molecule has 0 bridgehead atoms. The van der Waals surface area contributed by atoms with Gasteiger partial charge in [0.2, 0.25) is 5.91 Å². The summed E-state index contributed by atoms with van der Waals surface area (Å²) in [7, 11) is 0. The number of halogens is 2. The highest BCUT2D eigenvalue weighted by Crippen LogP contribution is 2.41. The molecule has 0 radical (unpaired) electrons. The Hall–Kier alpha value is -1.95. The number of hydrogen-bond acceptors (Lipinski definition) is 6. The minimum absolute atomic E-state index is 0.102. The van der Waals surface area contributed by atoms with E-state index < -0.39 is 6.17 Å². The van der Waals surface area contributed by atoms with Crippen LogP contribution in [0, 0.1) is 9.49 Å². The molecule has 7 nitrogen and oxygen atoms in total. The summed E-state index contributed by atoms with van der Waals surface area (Å²) in [5.41, 5.74) is 9.05. The minimum atomic E-state index is -0.908. The summed E-state index contributed by atoms with van der Waals surface area (Å²) in [6.07, 6.45) is 3.77. The number of nitrogens with two attached hydrogens (primary N) is 1. The lowest BCUT2D eigenvalue weighted by molar-refractivity contribution is -0.122. The molecule has 0 aliphatic heterocycles. The first-order chi connectivity index (χ1) is 14.5. The molecule has 1 unspecified atom stereocenters. The molecule has 1 atom stereocenters. The van der Waals surface area contributed by atoms with Crippen LogP contribution in [0.2, 0.25) is 0 Å². The van der Waals surface area contributed by atoms with E-state index in [1.165, 1.54) is 18.1 Å². The van der Waals surface area contributed by atoms with E-state index in [-0.39, 0.29) is 11.8 Å². The smallest absolute Gasteiger partial charge is 0.223 e. The maximum atomic E-state index is 14.3. The zero-order chi connectivity index (χ0) is 20.8. The normalized spacial score (nSPS) is 18.0. The van der Waals surface area contributed by atoms with Crippen molar-refractivity contribution in [3.8, 4) is 0 Å². The third-order valence-corrected chi connectivity index (χ3v) is 7.82. The maximum absolute atomic E-state index is 14.3. The molecule has 30 heavy (non-hydrogen) atoms. The Labute approximate surface area is 190 Å². The Morgan fingerprint density at radius 2 is 2.17 bits per heavy atom. The quantitative estimate of drug-likeness (QED) is 0.465. The van der Waals surface area contributed by atoms with E-state index in [2.05, 4.69) is 48.9 Å². The van der Waals surface area contributed by atoms with E-state index in [1.54, 1.807) is 0 Å². The van der Waals surface area contributed by atoms with Crippen molar-refractivity contribution >= 4 is 57.2 Å². The Kier molecular flexibility index (Phi) is 5.30. The number of rotatable bonds is 6. The van der Waals surface area contributed by atoms with Gasteiger partial charge in [0.1, 0.15) is 12.5 Å². The molecule has 2 aromatic heterocycles. The summed E-state index contributed by atoms with van der Waals surface area (Å²) in [5, 5.41) is 3.68. The SMILES string of the molecule is Nc1ncnc2c1nc(Sc1cc3c(cc1I)CCC3F)n2CCNC(=O)C1CC1. The van der Waals surface area contributed by atoms with Crippen molar-refractivity contribution in [1.29, 1.82) is 0 Å². The highest BCUT2D eigenvalue weighted by molar-refractivity contribution is 14.1. The Bertz CT molecular complexity index is 1150. The van der Waals surface area contributed by atoms with Crippen LogP contribution in [0.3, 0.4) is 0 Å². The lowest BCUT2D eigenvalue weighted by Crippen LogP contribution is -2.28. The molecular weight excluding hydrogens is 518 g/mol. The Morgan fingerprint density at radius 3 is 2.97 bits per heavy atom. The van der Waals surface area contributed by atoms with Gasteiger partial charge in [-0.2, -0.15) is 0 Å². The molecule has 2 aliphatic rings. The minimum Gasteiger partial charge on any atom is -0.382 e. The summed E-state index contributed by atoms with van der Waals surface area (Å²) < 4.78 is 17.3. The molecule has 1 saturated carbocycles. The molecule has 10 heteroatoms. The van der Waals surface area contributed by atoms with Crippen LogP contribution in [0.5, 0.6) is 0 Å². The lowest BCUT2D eigenvalue weighted by atomic mass is 10.1. The highest BCUT2D eigenvalue weighted by atomic mass is 127. The number of hydrogen-bond donors (Lipinski definition) is 2. The molecule has 2 aliphatic carbocycles. The lowest BCUT2D eigenvalue weighted by Gasteiger charge is -2.12. The number of imidazole rings is 1. The molecule has 1 fully saturated rings. The summed E-state index contributed by atoms with van der Waals surface area (Å²) in [5.74, 6) is 0.581. The number of aromatic nitrogens is 4. The number of carbonyl (C=O) groups excluding carboxylic acids is 1. The first-order valence-electron chi connectivity index (χ1n) is 9.90. The van der Waals surface area contributed by atoms with Gasteiger partial charge in [-0.05, 0) is 71.5 Å².